The lowest BCUT2D eigenvalue weighted by Crippen LogP contribution is -2.38. The highest BCUT2D eigenvalue weighted by atomic mass is 32.1. The third kappa shape index (κ3) is 3.96. The second kappa shape index (κ2) is 9.02. The number of fused-ring (bicyclic) bond motifs is 2. The van der Waals surface area contributed by atoms with Crippen molar-refractivity contribution >= 4 is 34.1 Å². The molecular weight excluding hydrogens is 448 g/mol. The van der Waals surface area contributed by atoms with Crippen molar-refractivity contribution < 1.29 is 19.5 Å². The fourth-order valence-electron chi connectivity index (χ4n) is 6.05. The molecule has 0 radical (unpaired) electrons. The highest BCUT2D eigenvalue weighted by Crippen LogP contribution is 2.57. The zero-order chi connectivity index (χ0) is 24.9. The van der Waals surface area contributed by atoms with Crippen LogP contribution in [0, 0.1) is 30.6 Å². The number of benzene rings is 1. The van der Waals surface area contributed by atoms with Crippen LogP contribution in [0.25, 0.3) is 11.1 Å². The number of aryl methyl sites for hydroxylation is 1. The molecule has 0 aliphatic heterocycles. The minimum Gasteiger partial charge on any atom is -0.481 e. The van der Waals surface area contributed by atoms with Gasteiger partial charge in [0.15, 0.2) is 0 Å². The largest absolute Gasteiger partial charge is 0.481 e. The molecule has 6 nitrogen and oxygen atoms in total. The maximum absolute atomic E-state index is 13.5. The first-order valence-corrected chi connectivity index (χ1v) is 12.6. The Morgan fingerprint density at radius 1 is 1.06 bits per heavy atom. The summed E-state index contributed by atoms with van der Waals surface area (Å²) < 4.78 is 0. The average molecular weight is 481 g/mol. The molecule has 2 aromatic rings. The molecule has 0 spiro atoms. The number of nitrogens with one attached hydrogen (secondary N) is 1. The Morgan fingerprint density at radius 2 is 1.65 bits per heavy atom. The molecule has 2 aliphatic rings. The molecule has 180 valence electrons. The number of aliphatic carboxylic acids is 1. The van der Waals surface area contributed by atoms with E-state index in [0.29, 0.717) is 10.9 Å². The zero-order valence-corrected chi connectivity index (χ0v) is 21.1. The summed E-state index contributed by atoms with van der Waals surface area (Å²) in [6, 6.07) is 8.02. The van der Waals surface area contributed by atoms with Crippen molar-refractivity contribution in [2.45, 2.75) is 53.4 Å². The van der Waals surface area contributed by atoms with E-state index < -0.39 is 23.7 Å². The van der Waals surface area contributed by atoms with Gasteiger partial charge in [0.1, 0.15) is 5.00 Å². The summed E-state index contributed by atoms with van der Waals surface area (Å²) in [4.78, 5) is 39.0. The first-order chi connectivity index (χ1) is 16.0. The molecule has 7 heteroatoms. The summed E-state index contributed by atoms with van der Waals surface area (Å²) >= 11 is 1.31. The molecule has 4 atom stereocenters. The number of anilines is 1. The van der Waals surface area contributed by atoms with Crippen molar-refractivity contribution in [1.29, 1.82) is 0 Å². The van der Waals surface area contributed by atoms with Crippen LogP contribution in [0.2, 0.25) is 0 Å². The molecule has 1 aromatic heterocycles. The van der Waals surface area contributed by atoms with Gasteiger partial charge in [0, 0.05) is 10.4 Å². The number of amides is 2. The van der Waals surface area contributed by atoms with E-state index in [4.69, 9.17) is 5.73 Å². The van der Waals surface area contributed by atoms with E-state index in [1.54, 1.807) is 0 Å². The van der Waals surface area contributed by atoms with Crippen molar-refractivity contribution in [3.05, 3.63) is 51.4 Å². The van der Waals surface area contributed by atoms with Gasteiger partial charge in [-0.3, -0.25) is 14.4 Å². The number of carbonyl (C=O) groups excluding carboxylic acids is 2. The number of carboxylic acid groups (broad SMARTS) is 1. The van der Waals surface area contributed by atoms with Crippen LogP contribution < -0.4 is 11.1 Å². The number of nitrogens with two attached hydrogens (primary N) is 1. The number of hydrogen-bond acceptors (Lipinski definition) is 4. The molecule has 0 unspecified atom stereocenters. The maximum Gasteiger partial charge on any atom is 0.307 e. The number of carboxylic acids is 1. The molecule has 4 N–H and O–H groups in total. The third-order valence-electron chi connectivity index (χ3n) is 7.44. The molecule has 2 fully saturated rings. The van der Waals surface area contributed by atoms with E-state index >= 15 is 0 Å². The summed E-state index contributed by atoms with van der Waals surface area (Å²) in [6.07, 6.45) is 1.61. The first kappa shape index (κ1) is 24.2. The van der Waals surface area contributed by atoms with E-state index in [2.05, 4.69) is 19.2 Å². The van der Waals surface area contributed by atoms with Crippen LogP contribution in [-0.2, 0) is 9.59 Å². The fourth-order valence-corrected chi connectivity index (χ4v) is 7.13. The molecule has 2 saturated carbocycles. The van der Waals surface area contributed by atoms with Crippen LogP contribution in [0.5, 0.6) is 0 Å². The van der Waals surface area contributed by atoms with Crippen molar-refractivity contribution in [2.24, 2.45) is 29.4 Å². The van der Waals surface area contributed by atoms with Crippen molar-refractivity contribution in [3.8, 4) is 11.1 Å². The van der Waals surface area contributed by atoms with Crippen LogP contribution in [-0.4, -0.2) is 22.9 Å². The lowest BCUT2D eigenvalue weighted by molar-refractivity contribution is -0.148. The van der Waals surface area contributed by atoms with Gasteiger partial charge >= 0.3 is 5.97 Å². The van der Waals surface area contributed by atoms with E-state index in [1.807, 2.05) is 45.0 Å². The lowest BCUT2D eigenvalue weighted by atomic mass is 9.78. The number of rotatable bonds is 6. The molecule has 4 rings (SSSR count). The Kier molecular flexibility index (Phi) is 6.42. The molecule has 34 heavy (non-hydrogen) atoms. The second-order valence-corrected chi connectivity index (χ2v) is 11.2. The number of carbonyl (C=O) groups is 3. The van der Waals surface area contributed by atoms with Gasteiger partial charge < -0.3 is 16.2 Å². The van der Waals surface area contributed by atoms with Gasteiger partial charge in [0.25, 0.3) is 5.91 Å². The van der Waals surface area contributed by atoms with Gasteiger partial charge in [-0.2, -0.15) is 0 Å². The van der Waals surface area contributed by atoms with Gasteiger partial charge in [0.05, 0.1) is 17.4 Å². The number of allylic oxidation sites excluding steroid dienone is 2. The van der Waals surface area contributed by atoms with E-state index in [0.717, 1.165) is 40.0 Å². The highest BCUT2D eigenvalue weighted by molar-refractivity contribution is 7.17. The lowest BCUT2D eigenvalue weighted by Gasteiger charge is -2.26. The summed E-state index contributed by atoms with van der Waals surface area (Å²) in [6.45, 7) is 10.1. The Hall–Kier alpha value is -2.93. The summed E-state index contributed by atoms with van der Waals surface area (Å²) in [5.74, 6) is -3.08. The molecule has 2 bridgehead atoms. The molecular formula is C27H32N2O4S. The van der Waals surface area contributed by atoms with Crippen molar-refractivity contribution in [1.82, 2.24) is 0 Å². The molecule has 1 aromatic carbocycles. The Bertz CT molecular complexity index is 1190. The molecule has 2 aliphatic carbocycles. The monoisotopic (exact) mass is 480 g/mol. The SMILES string of the molecule is CC(C)=C1[C@H]2CC[C@@H]1[C@@H](C(=O)Nc1sc(C)c(-c3ccc(C(C)C)cc3)c1C(N)=O)[C@@H]2C(=O)O. The van der Waals surface area contributed by atoms with Crippen LogP contribution in [0.4, 0.5) is 5.00 Å². The van der Waals surface area contributed by atoms with E-state index in [1.165, 1.54) is 16.9 Å². The second-order valence-electron chi connectivity index (χ2n) is 10.0. The average Bonchev–Trinajstić information content (AvgIpc) is 3.42. The summed E-state index contributed by atoms with van der Waals surface area (Å²) in [5, 5.41) is 13.3. The van der Waals surface area contributed by atoms with Gasteiger partial charge in [-0.1, -0.05) is 49.3 Å². The Morgan fingerprint density at radius 3 is 2.15 bits per heavy atom. The Labute approximate surface area is 204 Å². The number of primary amides is 1. The van der Waals surface area contributed by atoms with Crippen molar-refractivity contribution in [2.75, 3.05) is 5.32 Å². The number of thiophene rings is 1. The Balaban J connectivity index is 1.70. The van der Waals surface area contributed by atoms with E-state index in [9.17, 15) is 19.5 Å². The van der Waals surface area contributed by atoms with Crippen LogP contribution >= 0.6 is 11.3 Å². The highest BCUT2D eigenvalue weighted by Gasteiger charge is 2.57. The van der Waals surface area contributed by atoms with Gasteiger partial charge in [-0.05, 0) is 62.5 Å². The predicted octanol–water partition coefficient (Wildman–Crippen LogP) is 5.58. The fraction of sp³-hybridized carbons (Fsp3) is 0.444. The first-order valence-electron chi connectivity index (χ1n) is 11.8. The van der Waals surface area contributed by atoms with Crippen LogP contribution in [0.15, 0.2) is 35.4 Å². The number of hydrogen-bond donors (Lipinski definition) is 3. The summed E-state index contributed by atoms with van der Waals surface area (Å²) in [7, 11) is 0. The molecule has 1 heterocycles. The quantitative estimate of drug-likeness (QED) is 0.469. The predicted molar refractivity (Wildman–Crippen MR) is 135 cm³/mol. The van der Waals surface area contributed by atoms with Gasteiger partial charge in [-0.15, -0.1) is 11.3 Å². The van der Waals surface area contributed by atoms with Crippen molar-refractivity contribution in [3.63, 3.8) is 0 Å². The summed E-state index contributed by atoms with van der Waals surface area (Å²) in [5.41, 5.74) is 11.1. The standard InChI is InChI=1S/C27H32N2O4S/c1-12(2)15-6-8-16(9-7-15)20-14(5)34-26(23(20)24(28)30)29-25(31)21-17-10-11-18(19(17)13(3)4)22(21)27(32)33/h6-9,12,17-18,21-22H,10-11H2,1-5H3,(H2,28,30)(H,29,31)(H,32,33)/t17-,18+,21+,22+/m0/s1. The third-order valence-corrected chi connectivity index (χ3v) is 8.46. The topological polar surface area (TPSA) is 109 Å². The molecule has 0 saturated heterocycles. The van der Waals surface area contributed by atoms with Gasteiger partial charge in [-0.25, -0.2) is 0 Å². The normalized spacial score (nSPS) is 23.4. The molecule has 2 amide bonds. The van der Waals surface area contributed by atoms with Crippen LogP contribution in [0.3, 0.4) is 0 Å². The maximum atomic E-state index is 13.5. The minimum absolute atomic E-state index is 0.0720. The smallest absolute Gasteiger partial charge is 0.307 e. The zero-order valence-electron chi connectivity index (χ0n) is 20.3. The van der Waals surface area contributed by atoms with E-state index in [-0.39, 0.29) is 23.3 Å². The minimum atomic E-state index is -0.936. The van der Waals surface area contributed by atoms with Crippen LogP contribution in [0.1, 0.15) is 67.3 Å². The van der Waals surface area contributed by atoms with Gasteiger partial charge in [0.2, 0.25) is 5.91 Å².